The molecule has 102 valence electrons. The summed E-state index contributed by atoms with van der Waals surface area (Å²) in [4.78, 5) is 11.9. The highest BCUT2D eigenvalue weighted by Gasteiger charge is 2.32. The van der Waals surface area contributed by atoms with Crippen LogP contribution in [-0.2, 0) is 4.79 Å². The molecule has 0 aromatic carbocycles. The Morgan fingerprint density at radius 3 is 2.00 bits per heavy atom. The minimum absolute atomic E-state index is 0.197. The smallest absolute Gasteiger partial charge is 0.225 e. The van der Waals surface area contributed by atoms with Crippen molar-refractivity contribution in [3.63, 3.8) is 0 Å². The van der Waals surface area contributed by atoms with Gasteiger partial charge in [-0.15, -0.1) is 0 Å². The molecule has 0 saturated carbocycles. The molecule has 0 bridgehead atoms. The van der Waals surface area contributed by atoms with Gasteiger partial charge in [-0.2, -0.15) is 0 Å². The van der Waals surface area contributed by atoms with Crippen LogP contribution in [0.15, 0.2) is 0 Å². The van der Waals surface area contributed by atoms with Crippen molar-refractivity contribution in [2.75, 3.05) is 26.4 Å². The third-order valence-corrected chi connectivity index (χ3v) is 2.71. The number of aliphatic hydroxyl groups excluding tert-OH is 3. The van der Waals surface area contributed by atoms with Crippen LogP contribution in [0.5, 0.6) is 0 Å². The molecule has 17 heavy (non-hydrogen) atoms. The fraction of sp³-hybridized carbons (Fsp3) is 0.909. The summed E-state index contributed by atoms with van der Waals surface area (Å²) in [5, 5.41) is 29.8. The molecular weight excluding hydrogens is 224 g/mol. The molecule has 0 aliphatic carbocycles. The largest absolute Gasteiger partial charge is 0.394 e. The zero-order valence-corrected chi connectivity index (χ0v) is 10.5. The second kappa shape index (κ2) is 7.60. The van der Waals surface area contributed by atoms with Crippen LogP contribution in [0.3, 0.4) is 0 Å². The fourth-order valence-corrected chi connectivity index (χ4v) is 1.51. The van der Waals surface area contributed by atoms with Crippen LogP contribution in [0.25, 0.3) is 0 Å². The van der Waals surface area contributed by atoms with Gasteiger partial charge in [0.05, 0.1) is 25.7 Å². The molecule has 0 aromatic rings. The molecule has 6 nitrogen and oxygen atoms in total. The second-order valence-electron chi connectivity index (χ2n) is 4.81. The Bertz CT molecular complexity index is 221. The molecule has 6 heteroatoms. The summed E-state index contributed by atoms with van der Waals surface area (Å²) in [6, 6.07) is 0. The number of nitrogens with two attached hydrogens (primary N) is 1. The first-order valence-electron chi connectivity index (χ1n) is 5.79. The van der Waals surface area contributed by atoms with Crippen LogP contribution in [0, 0.1) is 11.8 Å². The van der Waals surface area contributed by atoms with Crippen molar-refractivity contribution < 1.29 is 20.1 Å². The predicted molar refractivity (Wildman–Crippen MR) is 64.1 cm³/mol. The molecule has 1 atom stereocenters. The van der Waals surface area contributed by atoms with Crippen LogP contribution >= 0.6 is 0 Å². The molecule has 0 aliphatic rings. The van der Waals surface area contributed by atoms with Crippen molar-refractivity contribution >= 4 is 5.91 Å². The Balaban J connectivity index is 4.57. The minimum atomic E-state index is -1.37. The molecule has 0 aliphatic heterocycles. The van der Waals surface area contributed by atoms with Gasteiger partial charge >= 0.3 is 0 Å². The van der Waals surface area contributed by atoms with Crippen molar-refractivity contribution in [3.05, 3.63) is 0 Å². The third-order valence-electron chi connectivity index (χ3n) is 2.71. The first-order valence-corrected chi connectivity index (χ1v) is 5.79. The maximum atomic E-state index is 11.9. The lowest BCUT2D eigenvalue weighted by Crippen LogP contribution is -2.58. The molecule has 0 heterocycles. The Morgan fingerprint density at radius 2 is 1.71 bits per heavy atom. The van der Waals surface area contributed by atoms with Crippen LogP contribution in [0.2, 0.25) is 0 Å². The van der Waals surface area contributed by atoms with E-state index in [1.54, 1.807) is 0 Å². The van der Waals surface area contributed by atoms with Gasteiger partial charge in [0.25, 0.3) is 0 Å². The SMILES string of the molecule is CC(C)CC(CN)C(=O)NC(CO)(CO)CO. The average Bonchev–Trinajstić information content (AvgIpc) is 2.32. The number of nitrogens with one attached hydrogen (secondary N) is 1. The van der Waals surface area contributed by atoms with Gasteiger partial charge in [-0.3, -0.25) is 4.79 Å². The van der Waals surface area contributed by atoms with Gasteiger partial charge in [0, 0.05) is 6.54 Å². The molecule has 1 unspecified atom stereocenters. The first-order chi connectivity index (χ1) is 7.94. The van der Waals surface area contributed by atoms with Gasteiger partial charge in [0.1, 0.15) is 5.54 Å². The number of carbonyl (C=O) groups excluding carboxylic acids is 1. The Labute approximate surface area is 102 Å². The molecule has 0 radical (unpaired) electrons. The van der Waals surface area contributed by atoms with E-state index in [4.69, 9.17) is 21.1 Å². The number of aliphatic hydroxyl groups is 3. The molecular formula is C11H24N2O4. The summed E-state index contributed by atoms with van der Waals surface area (Å²) in [5.74, 6) is -0.404. The minimum Gasteiger partial charge on any atom is -0.394 e. The number of carbonyl (C=O) groups is 1. The van der Waals surface area contributed by atoms with E-state index in [0.717, 1.165) is 0 Å². The lowest BCUT2D eigenvalue weighted by Gasteiger charge is -2.30. The second-order valence-corrected chi connectivity index (χ2v) is 4.81. The molecule has 0 aromatic heterocycles. The zero-order valence-electron chi connectivity index (χ0n) is 10.5. The topological polar surface area (TPSA) is 116 Å². The molecule has 0 spiro atoms. The quantitative estimate of drug-likeness (QED) is 0.356. The molecule has 0 fully saturated rings. The Kier molecular flexibility index (Phi) is 7.29. The Morgan fingerprint density at radius 1 is 1.24 bits per heavy atom. The van der Waals surface area contributed by atoms with E-state index in [-0.39, 0.29) is 18.4 Å². The van der Waals surface area contributed by atoms with Gasteiger partial charge in [0.15, 0.2) is 0 Å². The maximum Gasteiger partial charge on any atom is 0.225 e. The number of amides is 1. The van der Waals surface area contributed by atoms with E-state index in [0.29, 0.717) is 12.3 Å². The van der Waals surface area contributed by atoms with Gasteiger partial charge in [-0.05, 0) is 12.3 Å². The third kappa shape index (κ3) is 4.99. The highest BCUT2D eigenvalue weighted by molar-refractivity contribution is 5.79. The van der Waals surface area contributed by atoms with Gasteiger partial charge in [-0.1, -0.05) is 13.8 Å². The van der Waals surface area contributed by atoms with Crippen molar-refractivity contribution in [2.45, 2.75) is 25.8 Å². The number of rotatable bonds is 8. The maximum absolute atomic E-state index is 11.9. The summed E-state index contributed by atoms with van der Waals surface area (Å²) in [7, 11) is 0. The van der Waals surface area contributed by atoms with Crippen molar-refractivity contribution in [3.8, 4) is 0 Å². The molecule has 0 saturated heterocycles. The molecule has 0 rings (SSSR count). The van der Waals surface area contributed by atoms with E-state index in [2.05, 4.69) is 5.32 Å². The average molecular weight is 248 g/mol. The van der Waals surface area contributed by atoms with Crippen molar-refractivity contribution in [1.29, 1.82) is 0 Å². The number of hydrogen-bond donors (Lipinski definition) is 5. The van der Waals surface area contributed by atoms with E-state index in [1.807, 2.05) is 13.8 Å². The zero-order chi connectivity index (χ0) is 13.5. The Hall–Kier alpha value is -0.690. The summed E-state index contributed by atoms with van der Waals surface area (Å²) < 4.78 is 0. The van der Waals surface area contributed by atoms with Gasteiger partial charge in [-0.25, -0.2) is 0 Å². The van der Waals surface area contributed by atoms with E-state index in [1.165, 1.54) is 0 Å². The predicted octanol–water partition coefficient (Wildman–Crippen LogP) is -1.56. The molecule has 6 N–H and O–H groups in total. The van der Waals surface area contributed by atoms with Crippen molar-refractivity contribution in [1.82, 2.24) is 5.32 Å². The van der Waals surface area contributed by atoms with Crippen LogP contribution < -0.4 is 11.1 Å². The lowest BCUT2D eigenvalue weighted by molar-refractivity contribution is -0.129. The van der Waals surface area contributed by atoms with Crippen molar-refractivity contribution in [2.24, 2.45) is 17.6 Å². The molecule has 1 amide bonds. The summed E-state index contributed by atoms with van der Waals surface area (Å²) in [5.41, 5.74) is 4.14. The van der Waals surface area contributed by atoms with Crippen LogP contribution in [0.4, 0.5) is 0 Å². The fourth-order valence-electron chi connectivity index (χ4n) is 1.51. The normalized spacial score (nSPS) is 13.8. The highest BCUT2D eigenvalue weighted by Crippen LogP contribution is 2.12. The summed E-state index contributed by atoms with van der Waals surface area (Å²) >= 11 is 0. The van der Waals surface area contributed by atoms with E-state index in [9.17, 15) is 4.79 Å². The number of hydrogen-bond acceptors (Lipinski definition) is 5. The van der Waals surface area contributed by atoms with E-state index >= 15 is 0 Å². The van der Waals surface area contributed by atoms with E-state index < -0.39 is 25.4 Å². The van der Waals surface area contributed by atoms with Crippen LogP contribution in [-0.4, -0.2) is 53.1 Å². The first kappa shape index (κ1) is 16.3. The van der Waals surface area contributed by atoms with Gasteiger partial charge < -0.3 is 26.4 Å². The standard InChI is InChI=1S/C11H24N2O4/c1-8(2)3-9(4-12)10(17)13-11(5-14,6-15)7-16/h8-9,14-16H,3-7,12H2,1-2H3,(H,13,17). The lowest BCUT2D eigenvalue weighted by atomic mass is 9.94. The van der Waals surface area contributed by atoms with Gasteiger partial charge in [0.2, 0.25) is 5.91 Å². The van der Waals surface area contributed by atoms with Crippen LogP contribution in [0.1, 0.15) is 20.3 Å². The summed E-state index contributed by atoms with van der Waals surface area (Å²) in [6.07, 6.45) is 0.626. The highest BCUT2D eigenvalue weighted by atomic mass is 16.3. The summed E-state index contributed by atoms with van der Waals surface area (Å²) in [6.45, 7) is 2.59. The monoisotopic (exact) mass is 248 g/mol.